The minimum atomic E-state index is -0.747. The number of ether oxygens (including phenoxy) is 2. The number of anilines is 1. The lowest BCUT2D eigenvalue weighted by Gasteiger charge is -2.46. The highest BCUT2D eigenvalue weighted by atomic mass is 16.5. The first-order valence-corrected chi connectivity index (χ1v) is 9.64. The van der Waals surface area contributed by atoms with Crippen LogP contribution in [0.5, 0.6) is 5.75 Å². The molecule has 1 spiro atoms. The molecule has 4 heterocycles. The second kappa shape index (κ2) is 5.67. The number of amides is 1. The molecule has 7 atom stereocenters. The highest BCUT2D eigenvalue weighted by molar-refractivity contribution is 6.07. The van der Waals surface area contributed by atoms with Gasteiger partial charge in [-0.1, -0.05) is 6.07 Å². The Morgan fingerprint density at radius 1 is 1.44 bits per heavy atom. The number of rotatable bonds is 3. The summed E-state index contributed by atoms with van der Waals surface area (Å²) in [6, 6.07) is 5.72. The van der Waals surface area contributed by atoms with Crippen LogP contribution in [-0.2, 0) is 14.9 Å². The Morgan fingerprint density at radius 3 is 2.96 bits per heavy atom. The van der Waals surface area contributed by atoms with E-state index in [1.165, 1.54) is 0 Å². The van der Waals surface area contributed by atoms with E-state index in [1.54, 1.807) is 14.0 Å². The van der Waals surface area contributed by atoms with E-state index in [9.17, 15) is 15.0 Å². The maximum absolute atomic E-state index is 13.2. The number of benzene rings is 1. The van der Waals surface area contributed by atoms with Crippen molar-refractivity contribution < 1.29 is 24.5 Å². The van der Waals surface area contributed by atoms with Gasteiger partial charge in [0.2, 0.25) is 5.91 Å². The minimum absolute atomic E-state index is 0.00283. The molecule has 3 saturated heterocycles. The van der Waals surface area contributed by atoms with Crippen LogP contribution in [0.1, 0.15) is 25.3 Å². The molecule has 1 aliphatic carbocycles. The van der Waals surface area contributed by atoms with Gasteiger partial charge in [-0.3, -0.25) is 4.79 Å². The van der Waals surface area contributed by atoms with Crippen LogP contribution < -0.4 is 15.4 Å². The molecule has 1 aromatic carbocycles. The Bertz CT molecular complexity index is 799. The summed E-state index contributed by atoms with van der Waals surface area (Å²) in [6.07, 6.45) is 0.281. The molecule has 1 amide bonds. The molecule has 0 aromatic heterocycles. The third-order valence-corrected chi connectivity index (χ3v) is 7.57. The predicted octanol–water partition coefficient (Wildman–Crippen LogP) is 0.394. The number of aliphatic hydroxyl groups excluding tert-OH is 2. The van der Waals surface area contributed by atoms with Crippen molar-refractivity contribution in [3.8, 4) is 5.75 Å². The minimum Gasteiger partial charge on any atom is -0.497 e. The molecule has 7 heteroatoms. The first-order chi connectivity index (χ1) is 13.0. The van der Waals surface area contributed by atoms with Crippen molar-refractivity contribution in [2.24, 2.45) is 11.8 Å². The van der Waals surface area contributed by atoms with Crippen LogP contribution in [0.15, 0.2) is 18.2 Å². The van der Waals surface area contributed by atoms with E-state index in [0.29, 0.717) is 25.2 Å². The first-order valence-electron chi connectivity index (χ1n) is 9.64. The van der Waals surface area contributed by atoms with E-state index in [4.69, 9.17) is 9.47 Å². The summed E-state index contributed by atoms with van der Waals surface area (Å²) in [7, 11) is 1.61. The highest BCUT2D eigenvalue weighted by Crippen LogP contribution is 2.57. The van der Waals surface area contributed by atoms with Gasteiger partial charge < -0.3 is 30.3 Å². The second-order valence-electron chi connectivity index (χ2n) is 8.49. The first kappa shape index (κ1) is 17.4. The van der Waals surface area contributed by atoms with E-state index in [0.717, 1.165) is 11.3 Å². The smallest absolute Gasteiger partial charge is 0.237 e. The maximum atomic E-state index is 13.2. The van der Waals surface area contributed by atoms with Crippen molar-refractivity contribution in [1.29, 1.82) is 0 Å². The fourth-order valence-corrected chi connectivity index (χ4v) is 6.14. The Morgan fingerprint density at radius 2 is 2.26 bits per heavy atom. The Labute approximate surface area is 158 Å². The average molecular weight is 374 g/mol. The van der Waals surface area contributed by atoms with E-state index in [2.05, 4.69) is 10.6 Å². The summed E-state index contributed by atoms with van der Waals surface area (Å²) in [5, 5.41) is 27.1. The maximum Gasteiger partial charge on any atom is 0.237 e. The molecule has 6 rings (SSSR count). The zero-order valence-electron chi connectivity index (χ0n) is 15.6. The average Bonchev–Trinajstić information content (AvgIpc) is 3.02. The zero-order chi connectivity index (χ0) is 19.0. The molecule has 7 nitrogen and oxygen atoms in total. The molecule has 4 bridgehead atoms. The monoisotopic (exact) mass is 374 g/mol. The van der Waals surface area contributed by atoms with Gasteiger partial charge in [0.1, 0.15) is 11.2 Å². The van der Waals surface area contributed by atoms with Crippen LogP contribution >= 0.6 is 0 Å². The molecule has 146 valence electrons. The molecular weight excluding hydrogens is 348 g/mol. The Hall–Kier alpha value is -1.67. The summed E-state index contributed by atoms with van der Waals surface area (Å²) >= 11 is 0. The van der Waals surface area contributed by atoms with Crippen LogP contribution in [-0.4, -0.2) is 60.2 Å². The van der Waals surface area contributed by atoms with Gasteiger partial charge >= 0.3 is 0 Å². The molecular formula is C20H26N2O5. The lowest BCUT2D eigenvalue weighted by molar-refractivity contribution is -0.133. The van der Waals surface area contributed by atoms with Gasteiger partial charge in [0.15, 0.2) is 0 Å². The molecule has 1 saturated carbocycles. The normalized spacial score (nSPS) is 42.7. The summed E-state index contributed by atoms with van der Waals surface area (Å²) in [4.78, 5) is 13.2. The van der Waals surface area contributed by atoms with Gasteiger partial charge in [-0.25, -0.2) is 0 Å². The van der Waals surface area contributed by atoms with E-state index in [1.807, 2.05) is 18.2 Å². The number of aliphatic hydroxyl groups is 2. The number of fused-ring (bicyclic) bond motifs is 2. The van der Waals surface area contributed by atoms with Crippen molar-refractivity contribution in [2.45, 2.75) is 49.0 Å². The standard InChI is InChI=1S/C20H26N2O5/c1-10(24)20(9-23)14-6-17-19(7-16(22-20)12(14)8-27-17)13-4-3-11(26-2)5-15(13)21-18(19)25/h3-5,10,12,14,16-17,22-24H,6-9H2,1-2H3,(H,21,25)/t10-,12+,14-,16?,17+,19+,20+/m1/s1. The third-order valence-electron chi connectivity index (χ3n) is 7.57. The van der Waals surface area contributed by atoms with Crippen LogP contribution in [0.4, 0.5) is 5.69 Å². The quantitative estimate of drug-likeness (QED) is 0.611. The van der Waals surface area contributed by atoms with Crippen molar-refractivity contribution in [3.63, 3.8) is 0 Å². The van der Waals surface area contributed by atoms with Gasteiger partial charge in [-0.2, -0.15) is 0 Å². The van der Waals surface area contributed by atoms with Crippen LogP contribution in [0.25, 0.3) is 0 Å². The van der Waals surface area contributed by atoms with Gasteiger partial charge in [0.05, 0.1) is 38.1 Å². The van der Waals surface area contributed by atoms with Gasteiger partial charge in [0.25, 0.3) is 0 Å². The van der Waals surface area contributed by atoms with Crippen molar-refractivity contribution in [3.05, 3.63) is 23.8 Å². The Kier molecular flexibility index (Phi) is 3.66. The predicted molar refractivity (Wildman–Crippen MR) is 97.7 cm³/mol. The molecule has 4 aliphatic heterocycles. The summed E-state index contributed by atoms with van der Waals surface area (Å²) in [6.45, 7) is 2.15. The van der Waals surface area contributed by atoms with E-state index in [-0.39, 0.29) is 36.5 Å². The molecule has 5 aliphatic rings. The largest absolute Gasteiger partial charge is 0.497 e. The molecule has 1 unspecified atom stereocenters. The van der Waals surface area contributed by atoms with Crippen molar-refractivity contribution in [2.75, 3.05) is 25.6 Å². The number of methoxy groups -OCH3 is 1. The summed E-state index contributed by atoms with van der Waals surface area (Å²) in [5.41, 5.74) is 0.271. The lowest BCUT2D eigenvalue weighted by atomic mass is 9.68. The molecule has 4 fully saturated rings. The number of nitrogens with one attached hydrogen (secondary N) is 2. The number of carbonyl (C=O) groups excluding carboxylic acids is 1. The molecule has 4 N–H and O–H groups in total. The molecule has 27 heavy (non-hydrogen) atoms. The fourth-order valence-electron chi connectivity index (χ4n) is 6.14. The second-order valence-corrected chi connectivity index (χ2v) is 8.49. The van der Waals surface area contributed by atoms with Crippen LogP contribution in [0.3, 0.4) is 0 Å². The fraction of sp³-hybridized carbons (Fsp3) is 0.650. The Balaban J connectivity index is 1.60. The van der Waals surface area contributed by atoms with Gasteiger partial charge in [-0.15, -0.1) is 0 Å². The SMILES string of the molecule is COc1ccc2c(c1)NC(=O)[C@@]21CC2N[C@@](CO)([C@@H](C)O)[C@@H]3C[C@@H]1OC[C@H]23. The van der Waals surface area contributed by atoms with Crippen LogP contribution in [0, 0.1) is 11.8 Å². The molecule has 1 aromatic rings. The van der Waals surface area contributed by atoms with Crippen molar-refractivity contribution in [1.82, 2.24) is 5.32 Å². The van der Waals surface area contributed by atoms with Crippen molar-refractivity contribution >= 4 is 11.6 Å². The summed E-state index contributed by atoms with van der Waals surface area (Å²) in [5.74, 6) is 0.925. The number of hydrogen-bond donors (Lipinski definition) is 4. The lowest BCUT2D eigenvalue weighted by Crippen LogP contribution is -2.62. The molecule has 0 radical (unpaired) electrons. The van der Waals surface area contributed by atoms with E-state index >= 15 is 0 Å². The highest BCUT2D eigenvalue weighted by Gasteiger charge is 2.67. The zero-order valence-corrected chi connectivity index (χ0v) is 15.6. The van der Waals surface area contributed by atoms with Gasteiger partial charge in [0, 0.05) is 23.7 Å². The summed E-state index contributed by atoms with van der Waals surface area (Å²) < 4.78 is 11.5. The van der Waals surface area contributed by atoms with Crippen LogP contribution in [0.2, 0.25) is 0 Å². The van der Waals surface area contributed by atoms with Gasteiger partial charge in [-0.05, 0) is 37.3 Å². The number of carbonyl (C=O) groups is 1. The van der Waals surface area contributed by atoms with E-state index < -0.39 is 17.1 Å². The number of hydrogen-bond acceptors (Lipinski definition) is 6. The third kappa shape index (κ3) is 2.03. The topological polar surface area (TPSA) is 100 Å².